The normalized spacial score (nSPS) is 11.5. The molecule has 3 aromatic rings. The average Bonchev–Trinajstić information content (AvgIpc) is 2.81. The number of carbonyl (C=O) groups is 2. The highest BCUT2D eigenvalue weighted by Crippen LogP contribution is 2.23. The van der Waals surface area contributed by atoms with E-state index in [1.807, 2.05) is 42.5 Å². The Morgan fingerprint density at radius 2 is 1.56 bits per heavy atom. The van der Waals surface area contributed by atoms with E-state index in [4.69, 9.17) is 27.9 Å². The predicted molar refractivity (Wildman–Crippen MR) is 127 cm³/mol. The van der Waals surface area contributed by atoms with E-state index in [2.05, 4.69) is 5.32 Å². The SMILES string of the molecule is C[C@H](C(=O)NCc1ccc(Cl)cc1)N(Cc1ccccc1)C(=O)COc1ccccc1Cl. The molecule has 0 heterocycles. The van der Waals surface area contributed by atoms with Crippen LogP contribution in [0.25, 0.3) is 0 Å². The summed E-state index contributed by atoms with van der Waals surface area (Å²) in [6.45, 7) is 2.09. The molecule has 0 saturated carbocycles. The average molecular weight is 471 g/mol. The zero-order chi connectivity index (χ0) is 22.9. The molecular weight excluding hydrogens is 447 g/mol. The third kappa shape index (κ3) is 6.74. The van der Waals surface area contributed by atoms with Gasteiger partial charge in [0.25, 0.3) is 5.91 Å². The van der Waals surface area contributed by atoms with Crippen molar-refractivity contribution in [2.24, 2.45) is 0 Å². The lowest BCUT2D eigenvalue weighted by Gasteiger charge is -2.29. The van der Waals surface area contributed by atoms with Gasteiger partial charge in [-0.3, -0.25) is 9.59 Å². The van der Waals surface area contributed by atoms with Gasteiger partial charge < -0.3 is 15.0 Å². The second kappa shape index (κ2) is 11.6. The lowest BCUT2D eigenvalue weighted by molar-refractivity contribution is -0.142. The standard InChI is InChI=1S/C25H24Cl2N2O3/c1-18(25(31)28-15-19-11-13-21(26)14-12-19)29(16-20-7-3-2-4-8-20)24(30)17-32-23-10-6-5-9-22(23)27/h2-14,18H,15-17H2,1H3,(H,28,31)/t18-/m1/s1. The molecule has 2 amide bonds. The van der Waals surface area contributed by atoms with Crippen LogP contribution >= 0.6 is 23.2 Å². The molecule has 0 aliphatic heterocycles. The molecule has 166 valence electrons. The molecule has 0 unspecified atom stereocenters. The van der Waals surface area contributed by atoms with Crippen molar-refractivity contribution in [2.75, 3.05) is 6.61 Å². The molecule has 0 fully saturated rings. The molecule has 3 aromatic carbocycles. The fourth-order valence-electron chi connectivity index (χ4n) is 3.09. The molecule has 0 aliphatic carbocycles. The minimum Gasteiger partial charge on any atom is -0.482 e. The van der Waals surface area contributed by atoms with Gasteiger partial charge in [0, 0.05) is 18.1 Å². The van der Waals surface area contributed by atoms with Crippen LogP contribution < -0.4 is 10.1 Å². The molecule has 7 heteroatoms. The Morgan fingerprint density at radius 1 is 0.906 bits per heavy atom. The Hall–Kier alpha value is -3.02. The van der Waals surface area contributed by atoms with Crippen molar-refractivity contribution in [2.45, 2.75) is 26.1 Å². The summed E-state index contributed by atoms with van der Waals surface area (Å²) in [6.07, 6.45) is 0. The quantitative estimate of drug-likeness (QED) is 0.472. The molecule has 0 saturated heterocycles. The van der Waals surface area contributed by atoms with Crippen molar-refractivity contribution in [3.8, 4) is 5.75 Å². The van der Waals surface area contributed by atoms with Crippen LogP contribution in [0.5, 0.6) is 5.75 Å². The lowest BCUT2D eigenvalue weighted by atomic mass is 10.1. The van der Waals surface area contributed by atoms with Crippen LogP contribution in [0.2, 0.25) is 10.0 Å². The zero-order valence-electron chi connectivity index (χ0n) is 17.6. The highest BCUT2D eigenvalue weighted by atomic mass is 35.5. The zero-order valence-corrected chi connectivity index (χ0v) is 19.1. The van der Waals surface area contributed by atoms with E-state index < -0.39 is 6.04 Å². The maximum atomic E-state index is 13.1. The maximum absolute atomic E-state index is 13.1. The molecule has 0 aromatic heterocycles. The van der Waals surface area contributed by atoms with E-state index in [9.17, 15) is 9.59 Å². The van der Waals surface area contributed by atoms with E-state index in [-0.39, 0.29) is 25.0 Å². The number of ether oxygens (including phenoxy) is 1. The monoisotopic (exact) mass is 470 g/mol. The number of rotatable bonds is 9. The molecular formula is C25H24Cl2N2O3. The van der Waals surface area contributed by atoms with Gasteiger partial charge in [0.2, 0.25) is 5.91 Å². The van der Waals surface area contributed by atoms with Crippen molar-refractivity contribution < 1.29 is 14.3 Å². The number of para-hydroxylation sites is 1. The fourth-order valence-corrected chi connectivity index (χ4v) is 3.40. The van der Waals surface area contributed by atoms with Crippen molar-refractivity contribution in [1.82, 2.24) is 10.2 Å². The Morgan fingerprint density at radius 3 is 2.25 bits per heavy atom. The fraction of sp³-hybridized carbons (Fsp3) is 0.200. The van der Waals surface area contributed by atoms with Crippen molar-refractivity contribution >= 4 is 35.0 Å². The van der Waals surface area contributed by atoms with Gasteiger partial charge in [-0.1, -0.05) is 77.8 Å². The predicted octanol–water partition coefficient (Wildman–Crippen LogP) is 5.11. The molecule has 32 heavy (non-hydrogen) atoms. The molecule has 5 nitrogen and oxygen atoms in total. The number of halogens is 2. The van der Waals surface area contributed by atoms with Crippen LogP contribution in [0, 0.1) is 0 Å². The molecule has 0 radical (unpaired) electrons. The summed E-state index contributed by atoms with van der Waals surface area (Å²) in [7, 11) is 0. The second-order valence-corrected chi connectivity index (χ2v) is 8.09. The van der Waals surface area contributed by atoms with Gasteiger partial charge >= 0.3 is 0 Å². The van der Waals surface area contributed by atoms with Gasteiger partial charge in [0.15, 0.2) is 6.61 Å². The number of hydrogen-bond donors (Lipinski definition) is 1. The first-order valence-corrected chi connectivity index (χ1v) is 10.9. The topological polar surface area (TPSA) is 58.6 Å². The second-order valence-electron chi connectivity index (χ2n) is 7.25. The lowest BCUT2D eigenvalue weighted by Crippen LogP contribution is -2.48. The summed E-state index contributed by atoms with van der Waals surface area (Å²) in [5.41, 5.74) is 1.83. The molecule has 0 spiro atoms. The van der Waals surface area contributed by atoms with Gasteiger partial charge in [0.05, 0.1) is 5.02 Å². The van der Waals surface area contributed by atoms with Crippen LogP contribution in [0.4, 0.5) is 0 Å². The molecule has 0 aliphatic rings. The highest BCUT2D eigenvalue weighted by molar-refractivity contribution is 6.32. The number of amides is 2. The summed E-state index contributed by atoms with van der Waals surface area (Å²) in [4.78, 5) is 27.4. The summed E-state index contributed by atoms with van der Waals surface area (Å²) in [5.74, 6) is -0.160. The number of nitrogens with zero attached hydrogens (tertiary/aromatic N) is 1. The molecule has 1 atom stereocenters. The number of benzene rings is 3. The van der Waals surface area contributed by atoms with Gasteiger partial charge in [-0.2, -0.15) is 0 Å². The highest BCUT2D eigenvalue weighted by Gasteiger charge is 2.26. The van der Waals surface area contributed by atoms with Gasteiger partial charge in [-0.15, -0.1) is 0 Å². The van der Waals surface area contributed by atoms with Gasteiger partial charge in [-0.25, -0.2) is 0 Å². The van der Waals surface area contributed by atoms with E-state index in [0.717, 1.165) is 11.1 Å². The Balaban J connectivity index is 1.68. The van der Waals surface area contributed by atoms with Crippen LogP contribution in [0.15, 0.2) is 78.9 Å². The smallest absolute Gasteiger partial charge is 0.261 e. The minimum atomic E-state index is -0.704. The van der Waals surface area contributed by atoms with E-state index in [1.165, 1.54) is 4.90 Å². The number of hydrogen-bond acceptors (Lipinski definition) is 3. The summed E-state index contributed by atoms with van der Waals surface area (Å²) in [6, 6.07) is 23.0. The third-order valence-electron chi connectivity index (χ3n) is 4.93. The number of carbonyl (C=O) groups excluding carboxylic acids is 2. The van der Waals surface area contributed by atoms with Crippen molar-refractivity contribution in [1.29, 1.82) is 0 Å². The van der Waals surface area contributed by atoms with E-state index >= 15 is 0 Å². The van der Waals surface area contributed by atoms with Crippen molar-refractivity contribution in [3.05, 3.63) is 100 Å². The largest absolute Gasteiger partial charge is 0.482 e. The molecule has 3 rings (SSSR count). The van der Waals surface area contributed by atoms with E-state index in [0.29, 0.717) is 22.3 Å². The Kier molecular flexibility index (Phi) is 8.54. The van der Waals surface area contributed by atoms with Gasteiger partial charge in [-0.05, 0) is 42.3 Å². The molecule has 0 bridgehead atoms. The minimum absolute atomic E-state index is 0.231. The molecule has 1 N–H and O–H groups in total. The first kappa shape index (κ1) is 23.6. The van der Waals surface area contributed by atoms with Gasteiger partial charge in [0.1, 0.15) is 11.8 Å². The third-order valence-corrected chi connectivity index (χ3v) is 5.50. The van der Waals surface area contributed by atoms with Crippen molar-refractivity contribution in [3.63, 3.8) is 0 Å². The summed E-state index contributed by atoms with van der Waals surface area (Å²) >= 11 is 12.0. The summed E-state index contributed by atoms with van der Waals surface area (Å²) < 4.78 is 5.62. The Labute approximate surface area is 197 Å². The Bertz CT molecular complexity index is 1040. The van der Waals surface area contributed by atoms with Crippen LogP contribution in [0.3, 0.4) is 0 Å². The van der Waals surface area contributed by atoms with E-state index in [1.54, 1.807) is 43.3 Å². The summed E-state index contributed by atoms with van der Waals surface area (Å²) in [5, 5.41) is 3.94. The van der Waals surface area contributed by atoms with Crippen LogP contribution in [-0.2, 0) is 22.7 Å². The maximum Gasteiger partial charge on any atom is 0.261 e. The number of nitrogens with one attached hydrogen (secondary N) is 1. The van der Waals surface area contributed by atoms with Crippen LogP contribution in [-0.4, -0.2) is 29.4 Å². The first-order valence-electron chi connectivity index (χ1n) is 10.2. The first-order chi connectivity index (χ1) is 15.4. The van der Waals surface area contributed by atoms with Crippen LogP contribution in [0.1, 0.15) is 18.1 Å².